The lowest BCUT2D eigenvalue weighted by Gasteiger charge is -2.49. The molecule has 0 bridgehead atoms. The predicted octanol–water partition coefficient (Wildman–Crippen LogP) is 6.14. The largest absolute Gasteiger partial charge is 0.453 e. The summed E-state index contributed by atoms with van der Waals surface area (Å²) in [7, 11) is 1.38. The molecule has 2 saturated carbocycles. The van der Waals surface area contributed by atoms with E-state index in [2.05, 4.69) is 17.6 Å². The van der Waals surface area contributed by atoms with Gasteiger partial charge in [-0.25, -0.2) is 4.79 Å². The molecule has 2 amide bonds. The summed E-state index contributed by atoms with van der Waals surface area (Å²) in [6.45, 7) is 3.90. The van der Waals surface area contributed by atoms with Crippen LogP contribution in [0.25, 0.3) is 22.4 Å². The van der Waals surface area contributed by atoms with Crippen LogP contribution in [-0.2, 0) is 15.1 Å². The van der Waals surface area contributed by atoms with Crippen molar-refractivity contribution in [3.8, 4) is 22.4 Å². The number of methoxy groups -OCH3 is 1. The normalized spacial score (nSPS) is 27.0. The zero-order valence-corrected chi connectivity index (χ0v) is 24.8. The van der Waals surface area contributed by atoms with Crippen molar-refractivity contribution >= 4 is 17.7 Å². The Kier molecular flexibility index (Phi) is 8.39. The summed E-state index contributed by atoms with van der Waals surface area (Å²) in [6.07, 6.45) is 7.04. The fraction of sp³-hybridized carbons (Fsp3) is 0.441. The van der Waals surface area contributed by atoms with Crippen LogP contribution >= 0.6 is 0 Å². The lowest BCUT2D eigenvalue weighted by molar-refractivity contribution is -0.117. The number of carbonyl (C=O) groups excluding carboxylic acids is 2. The van der Waals surface area contributed by atoms with Gasteiger partial charge in [-0.05, 0) is 75.0 Å². The van der Waals surface area contributed by atoms with Crippen molar-refractivity contribution < 1.29 is 19.4 Å². The van der Waals surface area contributed by atoms with Gasteiger partial charge in [0.25, 0.3) is 0 Å². The number of nitrogens with two attached hydrogens (primary N) is 1. The molecule has 8 nitrogen and oxygen atoms in total. The predicted molar refractivity (Wildman–Crippen MR) is 165 cm³/mol. The van der Waals surface area contributed by atoms with E-state index in [1.165, 1.54) is 7.11 Å². The zero-order chi connectivity index (χ0) is 30.0. The molecule has 0 atom stereocenters. The fourth-order valence-electron chi connectivity index (χ4n) is 6.82. The fourth-order valence-corrected chi connectivity index (χ4v) is 6.82. The van der Waals surface area contributed by atoms with Crippen LogP contribution in [0, 0.1) is 5.92 Å². The number of anilines is 1. The highest BCUT2D eigenvalue weighted by atomic mass is 16.5. The SMILES string of the molecule is CCC1(NC(=O)OC)CCC(CC(=O)Nc2cnc(-c3ccc(C4(N)CC(C)(O)C4)cc3)c(-c3ccccc3)c2)CC1. The monoisotopic (exact) mass is 570 g/mol. The van der Waals surface area contributed by atoms with Crippen molar-refractivity contribution in [1.29, 1.82) is 0 Å². The maximum atomic E-state index is 13.1. The molecule has 0 aliphatic heterocycles. The van der Waals surface area contributed by atoms with Crippen LogP contribution in [0.1, 0.15) is 70.8 Å². The molecule has 2 aromatic carbocycles. The summed E-state index contributed by atoms with van der Waals surface area (Å²) >= 11 is 0. The van der Waals surface area contributed by atoms with E-state index in [4.69, 9.17) is 15.5 Å². The van der Waals surface area contributed by atoms with Crippen LogP contribution in [0.3, 0.4) is 0 Å². The average Bonchev–Trinajstić information content (AvgIpc) is 2.97. The van der Waals surface area contributed by atoms with E-state index < -0.39 is 17.2 Å². The van der Waals surface area contributed by atoms with Gasteiger partial charge in [-0.2, -0.15) is 0 Å². The zero-order valence-electron chi connectivity index (χ0n) is 24.8. The van der Waals surface area contributed by atoms with E-state index in [0.717, 1.165) is 60.1 Å². The number of hydrogen-bond donors (Lipinski definition) is 4. The van der Waals surface area contributed by atoms with Crippen molar-refractivity contribution in [3.63, 3.8) is 0 Å². The van der Waals surface area contributed by atoms with Gasteiger partial charge in [0.1, 0.15) is 0 Å². The molecule has 5 rings (SSSR count). The van der Waals surface area contributed by atoms with Crippen LogP contribution in [0.2, 0.25) is 0 Å². The number of ether oxygens (including phenoxy) is 1. The van der Waals surface area contributed by atoms with Crippen LogP contribution in [0.5, 0.6) is 0 Å². The maximum Gasteiger partial charge on any atom is 0.407 e. The highest BCUT2D eigenvalue weighted by Gasteiger charge is 2.49. The second-order valence-corrected chi connectivity index (χ2v) is 12.5. The van der Waals surface area contributed by atoms with E-state index in [9.17, 15) is 14.7 Å². The van der Waals surface area contributed by atoms with E-state index in [1.54, 1.807) is 6.20 Å². The van der Waals surface area contributed by atoms with E-state index in [-0.39, 0.29) is 17.4 Å². The second kappa shape index (κ2) is 11.9. The molecule has 2 aliphatic rings. The summed E-state index contributed by atoms with van der Waals surface area (Å²) in [5.41, 5.74) is 10.4. The summed E-state index contributed by atoms with van der Waals surface area (Å²) in [4.78, 5) is 29.7. The number of hydrogen-bond acceptors (Lipinski definition) is 6. The first-order valence-electron chi connectivity index (χ1n) is 14.9. The molecule has 0 unspecified atom stereocenters. The number of aromatic nitrogens is 1. The van der Waals surface area contributed by atoms with Gasteiger partial charge < -0.3 is 26.2 Å². The van der Waals surface area contributed by atoms with Gasteiger partial charge in [-0.3, -0.25) is 9.78 Å². The Labute approximate surface area is 248 Å². The Morgan fingerprint density at radius 1 is 1.05 bits per heavy atom. The molecule has 2 aliphatic carbocycles. The third-order valence-electron chi connectivity index (χ3n) is 9.15. The summed E-state index contributed by atoms with van der Waals surface area (Å²) in [5.74, 6) is 0.223. The number of aliphatic hydroxyl groups is 1. The average molecular weight is 571 g/mol. The van der Waals surface area contributed by atoms with Gasteiger partial charge >= 0.3 is 6.09 Å². The van der Waals surface area contributed by atoms with Crippen molar-refractivity contribution in [2.45, 2.75) is 81.9 Å². The van der Waals surface area contributed by atoms with E-state index in [0.29, 0.717) is 24.9 Å². The highest BCUT2D eigenvalue weighted by molar-refractivity contribution is 5.93. The topological polar surface area (TPSA) is 127 Å². The van der Waals surface area contributed by atoms with Crippen LogP contribution in [0.15, 0.2) is 66.9 Å². The smallest absolute Gasteiger partial charge is 0.407 e. The first-order chi connectivity index (χ1) is 20.0. The van der Waals surface area contributed by atoms with Crippen LogP contribution in [-0.4, -0.2) is 40.3 Å². The number of rotatable bonds is 8. The van der Waals surface area contributed by atoms with Crippen molar-refractivity contribution in [1.82, 2.24) is 10.3 Å². The Hall–Kier alpha value is -3.75. The van der Waals surface area contributed by atoms with Gasteiger partial charge in [-0.15, -0.1) is 0 Å². The minimum atomic E-state index is -0.714. The lowest BCUT2D eigenvalue weighted by Crippen LogP contribution is -2.58. The van der Waals surface area contributed by atoms with Crippen molar-refractivity contribution in [3.05, 3.63) is 72.4 Å². The Balaban J connectivity index is 1.29. The van der Waals surface area contributed by atoms with E-state index >= 15 is 0 Å². The molecule has 5 N–H and O–H groups in total. The second-order valence-electron chi connectivity index (χ2n) is 12.5. The highest BCUT2D eigenvalue weighted by Crippen LogP contribution is 2.46. The molecule has 3 aromatic rings. The lowest BCUT2D eigenvalue weighted by atomic mass is 9.63. The van der Waals surface area contributed by atoms with Crippen molar-refractivity contribution in [2.75, 3.05) is 12.4 Å². The minimum Gasteiger partial charge on any atom is -0.453 e. The molecule has 0 radical (unpaired) electrons. The number of nitrogens with one attached hydrogen (secondary N) is 2. The Bertz CT molecular complexity index is 1410. The number of amides is 2. The Morgan fingerprint density at radius 3 is 2.31 bits per heavy atom. The van der Waals surface area contributed by atoms with Gasteiger partial charge in [-0.1, -0.05) is 61.5 Å². The molecule has 42 heavy (non-hydrogen) atoms. The molecule has 0 spiro atoms. The summed E-state index contributed by atoms with van der Waals surface area (Å²) < 4.78 is 4.81. The van der Waals surface area contributed by atoms with Gasteiger partial charge in [0.15, 0.2) is 0 Å². The molecule has 0 saturated heterocycles. The van der Waals surface area contributed by atoms with Crippen molar-refractivity contribution in [2.24, 2.45) is 11.7 Å². The number of benzene rings is 2. The van der Waals surface area contributed by atoms with Gasteiger partial charge in [0.05, 0.1) is 30.3 Å². The molecule has 222 valence electrons. The molecule has 2 fully saturated rings. The van der Waals surface area contributed by atoms with Gasteiger partial charge in [0.2, 0.25) is 5.91 Å². The molecule has 1 aromatic heterocycles. The minimum absolute atomic E-state index is 0.0348. The molecular weight excluding hydrogens is 528 g/mol. The molecule has 8 heteroatoms. The molecule has 1 heterocycles. The number of pyridine rings is 1. The van der Waals surface area contributed by atoms with E-state index in [1.807, 2.05) is 67.6 Å². The number of carbonyl (C=O) groups is 2. The summed E-state index contributed by atoms with van der Waals surface area (Å²) in [5, 5.41) is 16.3. The third kappa shape index (κ3) is 6.50. The maximum absolute atomic E-state index is 13.1. The molecular formula is C34H42N4O4. The number of nitrogens with zero attached hydrogens (tertiary/aromatic N) is 1. The summed E-state index contributed by atoms with van der Waals surface area (Å²) in [6, 6.07) is 20.1. The first-order valence-corrected chi connectivity index (χ1v) is 14.9. The third-order valence-corrected chi connectivity index (χ3v) is 9.15. The van der Waals surface area contributed by atoms with Crippen LogP contribution < -0.4 is 16.4 Å². The quantitative estimate of drug-likeness (QED) is 0.258. The first kappa shape index (κ1) is 29.7. The number of alkyl carbamates (subject to hydrolysis) is 1. The Morgan fingerprint density at radius 2 is 1.71 bits per heavy atom. The van der Waals surface area contributed by atoms with Crippen LogP contribution in [0.4, 0.5) is 10.5 Å². The standard InChI is InChI=1S/C34H42N4O4/c1-4-33(38-31(40)42-3)16-14-23(15-17-33)18-29(39)37-27-19-28(24-8-6-5-7-9-24)30(36-20-27)25-10-12-26(13-11-25)34(35)21-32(2,41)22-34/h5-13,19-20,23,41H,4,14-18,21-22,35H2,1-3H3,(H,37,39)(H,38,40). The van der Waals surface area contributed by atoms with Gasteiger partial charge in [0, 0.05) is 28.6 Å².